The molecule has 0 radical (unpaired) electrons. The van der Waals surface area contributed by atoms with E-state index in [9.17, 15) is 20.1 Å². The van der Waals surface area contributed by atoms with Crippen LogP contribution < -0.4 is 0 Å². The van der Waals surface area contributed by atoms with E-state index < -0.39 is 36.7 Å². The largest absolute Gasteiger partial charge is 0.463 e. The van der Waals surface area contributed by atoms with E-state index in [1.807, 2.05) is 0 Å². The number of aliphatic hydroxyl groups is 3. The molecule has 0 bridgehead atoms. The fourth-order valence-corrected chi connectivity index (χ4v) is 1.51. The molecule has 7 nitrogen and oxygen atoms in total. The zero-order chi connectivity index (χ0) is 12.3. The van der Waals surface area contributed by atoms with Crippen LogP contribution in [0.2, 0.25) is 0 Å². The summed E-state index contributed by atoms with van der Waals surface area (Å²) in [5.41, 5.74) is 0. The van der Waals surface area contributed by atoms with Crippen molar-refractivity contribution in [3.63, 3.8) is 0 Å². The van der Waals surface area contributed by atoms with Crippen LogP contribution >= 0.6 is 0 Å². The summed E-state index contributed by atoms with van der Waals surface area (Å²) in [5, 5.41) is 28.6. The summed E-state index contributed by atoms with van der Waals surface area (Å²) in [6, 6.07) is 0. The van der Waals surface area contributed by atoms with E-state index in [1.54, 1.807) is 0 Å². The van der Waals surface area contributed by atoms with Gasteiger partial charge in [-0.05, 0) is 0 Å². The first kappa shape index (κ1) is 13.3. The van der Waals surface area contributed by atoms with E-state index in [1.165, 1.54) is 14.0 Å². The third-order valence-electron chi connectivity index (χ3n) is 2.39. The summed E-state index contributed by atoms with van der Waals surface area (Å²) in [4.78, 5) is 10.6. The molecule has 0 aliphatic carbocycles. The van der Waals surface area contributed by atoms with Gasteiger partial charge in [0.05, 0.1) is 0 Å². The van der Waals surface area contributed by atoms with Crippen LogP contribution in [0.1, 0.15) is 6.92 Å². The lowest BCUT2D eigenvalue weighted by atomic mass is 9.99. The fourth-order valence-electron chi connectivity index (χ4n) is 1.51. The Hall–Kier alpha value is -0.730. The van der Waals surface area contributed by atoms with E-state index in [2.05, 4.69) is 4.74 Å². The van der Waals surface area contributed by atoms with Gasteiger partial charge in [-0.1, -0.05) is 0 Å². The molecule has 0 spiro atoms. The Kier molecular flexibility index (Phi) is 4.63. The molecule has 0 saturated carbocycles. The fraction of sp³-hybridized carbons (Fsp3) is 0.889. The molecule has 1 aliphatic heterocycles. The second-order valence-corrected chi connectivity index (χ2v) is 3.55. The van der Waals surface area contributed by atoms with Crippen LogP contribution in [0, 0.1) is 0 Å². The third-order valence-corrected chi connectivity index (χ3v) is 2.39. The van der Waals surface area contributed by atoms with E-state index in [0.29, 0.717) is 0 Å². The number of esters is 1. The van der Waals surface area contributed by atoms with Crippen molar-refractivity contribution in [3.05, 3.63) is 0 Å². The summed E-state index contributed by atoms with van der Waals surface area (Å²) >= 11 is 0. The summed E-state index contributed by atoms with van der Waals surface area (Å²) < 4.78 is 14.4. The SMILES string of the molecule is COC1C(O)[C@H](O)C(COC(C)=O)O[C@H]1O. The lowest BCUT2D eigenvalue weighted by molar-refractivity contribution is -0.292. The Bertz CT molecular complexity index is 244. The van der Waals surface area contributed by atoms with Crippen molar-refractivity contribution in [3.8, 4) is 0 Å². The molecule has 1 heterocycles. The van der Waals surface area contributed by atoms with Crippen LogP contribution in [0.25, 0.3) is 0 Å². The minimum absolute atomic E-state index is 0.235. The summed E-state index contributed by atoms with van der Waals surface area (Å²) in [7, 11) is 1.28. The average Bonchev–Trinajstić information content (AvgIpc) is 2.22. The number of hydrogen-bond donors (Lipinski definition) is 3. The summed E-state index contributed by atoms with van der Waals surface area (Å²) in [5.74, 6) is -0.534. The Labute approximate surface area is 92.5 Å². The maximum atomic E-state index is 10.6. The van der Waals surface area contributed by atoms with Crippen molar-refractivity contribution < 1.29 is 34.3 Å². The highest BCUT2D eigenvalue weighted by atomic mass is 16.7. The minimum Gasteiger partial charge on any atom is -0.463 e. The van der Waals surface area contributed by atoms with E-state index >= 15 is 0 Å². The highest BCUT2D eigenvalue weighted by molar-refractivity contribution is 5.65. The van der Waals surface area contributed by atoms with Crippen LogP contribution in [0.5, 0.6) is 0 Å². The van der Waals surface area contributed by atoms with Gasteiger partial charge in [-0.2, -0.15) is 0 Å². The van der Waals surface area contributed by atoms with Gasteiger partial charge >= 0.3 is 5.97 Å². The number of carbonyl (C=O) groups is 1. The topological polar surface area (TPSA) is 105 Å². The van der Waals surface area contributed by atoms with Crippen molar-refractivity contribution in [1.29, 1.82) is 0 Å². The Morgan fingerprint density at radius 2 is 1.94 bits per heavy atom. The zero-order valence-electron chi connectivity index (χ0n) is 9.07. The van der Waals surface area contributed by atoms with Gasteiger partial charge in [0.15, 0.2) is 6.29 Å². The predicted molar refractivity (Wildman–Crippen MR) is 50.3 cm³/mol. The number of hydrogen-bond acceptors (Lipinski definition) is 7. The smallest absolute Gasteiger partial charge is 0.302 e. The van der Waals surface area contributed by atoms with Crippen LogP contribution in [-0.2, 0) is 19.0 Å². The van der Waals surface area contributed by atoms with Crippen molar-refractivity contribution in [1.82, 2.24) is 0 Å². The van der Waals surface area contributed by atoms with Crippen LogP contribution in [-0.4, -0.2) is 65.7 Å². The molecule has 1 fully saturated rings. The van der Waals surface area contributed by atoms with Gasteiger partial charge in [0, 0.05) is 14.0 Å². The van der Waals surface area contributed by atoms with Gasteiger partial charge in [0.25, 0.3) is 0 Å². The second-order valence-electron chi connectivity index (χ2n) is 3.55. The van der Waals surface area contributed by atoms with Crippen molar-refractivity contribution in [2.75, 3.05) is 13.7 Å². The number of carbonyl (C=O) groups excluding carboxylic acids is 1. The zero-order valence-corrected chi connectivity index (χ0v) is 9.07. The highest BCUT2D eigenvalue weighted by Gasteiger charge is 2.44. The first-order valence-electron chi connectivity index (χ1n) is 4.83. The molecule has 1 aliphatic rings. The molecule has 16 heavy (non-hydrogen) atoms. The first-order valence-corrected chi connectivity index (χ1v) is 4.83. The highest BCUT2D eigenvalue weighted by Crippen LogP contribution is 2.21. The molecule has 1 saturated heterocycles. The maximum absolute atomic E-state index is 10.6. The third kappa shape index (κ3) is 2.89. The molecular formula is C9H16O7. The predicted octanol–water partition coefficient (Wildman–Crippen LogP) is -2.00. The van der Waals surface area contributed by atoms with E-state index in [4.69, 9.17) is 9.47 Å². The molecule has 0 amide bonds. The molecule has 5 atom stereocenters. The lowest BCUT2D eigenvalue weighted by Gasteiger charge is -2.39. The summed E-state index contributed by atoms with van der Waals surface area (Å²) in [6.07, 6.45) is -5.95. The molecule has 0 aromatic heterocycles. The first-order chi connectivity index (χ1) is 7.47. The van der Waals surface area contributed by atoms with Crippen molar-refractivity contribution >= 4 is 5.97 Å². The van der Waals surface area contributed by atoms with Gasteiger partial charge < -0.3 is 29.5 Å². The number of methoxy groups -OCH3 is 1. The molecule has 3 N–H and O–H groups in total. The number of rotatable bonds is 3. The van der Waals surface area contributed by atoms with E-state index in [-0.39, 0.29) is 6.61 Å². The molecule has 0 aromatic rings. The minimum atomic E-state index is -1.37. The maximum Gasteiger partial charge on any atom is 0.302 e. The second kappa shape index (κ2) is 5.55. The monoisotopic (exact) mass is 236 g/mol. The molecule has 0 aromatic carbocycles. The molecular weight excluding hydrogens is 220 g/mol. The normalized spacial score (nSPS) is 39.4. The Morgan fingerprint density at radius 1 is 1.31 bits per heavy atom. The van der Waals surface area contributed by atoms with Crippen LogP contribution in [0.3, 0.4) is 0 Å². The van der Waals surface area contributed by atoms with E-state index in [0.717, 1.165) is 0 Å². The van der Waals surface area contributed by atoms with Gasteiger partial charge in [-0.15, -0.1) is 0 Å². The van der Waals surface area contributed by atoms with Gasteiger partial charge in [0.1, 0.15) is 31.0 Å². The Morgan fingerprint density at radius 3 is 2.44 bits per heavy atom. The van der Waals surface area contributed by atoms with Gasteiger partial charge in [-0.3, -0.25) is 4.79 Å². The molecule has 7 heteroatoms. The molecule has 3 unspecified atom stereocenters. The molecule has 94 valence electrons. The Balaban J connectivity index is 2.58. The lowest BCUT2D eigenvalue weighted by Crippen LogP contribution is -2.59. The van der Waals surface area contributed by atoms with Crippen LogP contribution in [0.15, 0.2) is 0 Å². The number of aliphatic hydroxyl groups excluding tert-OH is 3. The summed E-state index contributed by atoms with van der Waals surface area (Å²) in [6.45, 7) is 0.973. The standard InChI is InChI=1S/C9H16O7/c1-4(10)15-3-5-6(11)7(12)8(14-2)9(13)16-5/h5-9,11-13H,3H2,1-2H3/t5?,6-,7?,8?,9-/m1/s1. The van der Waals surface area contributed by atoms with Gasteiger partial charge in [-0.25, -0.2) is 0 Å². The van der Waals surface area contributed by atoms with Gasteiger partial charge in [0.2, 0.25) is 0 Å². The van der Waals surface area contributed by atoms with Crippen LogP contribution in [0.4, 0.5) is 0 Å². The quantitative estimate of drug-likeness (QED) is 0.487. The molecule has 1 rings (SSSR count). The van der Waals surface area contributed by atoms with Crippen molar-refractivity contribution in [2.45, 2.75) is 37.6 Å². The van der Waals surface area contributed by atoms with Crippen molar-refractivity contribution in [2.24, 2.45) is 0 Å². The average molecular weight is 236 g/mol. The number of ether oxygens (including phenoxy) is 3.